The first kappa shape index (κ1) is 15.7. The van der Waals surface area contributed by atoms with Gasteiger partial charge in [-0.05, 0) is 6.42 Å². The van der Waals surface area contributed by atoms with Crippen LogP contribution in [0.5, 0.6) is 0 Å². The first-order valence-electron chi connectivity index (χ1n) is 6.61. The van der Waals surface area contributed by atoms with Gasteiger partial charge in [-0.15, -0.1) is 0 Å². The van der Waals surface area contributed by atoms with Crippen LogP contribution in [-0.4, -0.2) is 22.6 Å². The van der Waals surface area contributed by atoms with Gasteiger partial charge in [-0.3, -0.25) is 4.79 Å². The number of amides is 1. The second-order valence-corrected chi connectivity index (χ2v) is 5.19. The Morgan fingerprint density at radius 3 is 3.05 bits per heavy atom. The molecular formula is C14H20N2O2S. The highest BCUT2D eigenvalue weighted by Crippen LogP contribution is 2.17. The number of carbonyl (C=O) groups is 1. The summed E-state index contributed by atoms with van der Waals surface area (Å²) in [6, 6.07) is 0. The zero-order valence-electron chi connectivity index (χ0n) is 11.2. The highest BCUT2D eigenvalue weighted by atomic mass is 32.1. The maximum absolute atomic E-state index is 11.6. The zero-order valence-corrected chi connectivity index (χ0v) is 12.1. The number of hydrogen-bond donors (Lipinski definition) is 2. The third kappa shape index (κ3) is 6.94. The fourth-order valence-corrected chi connectivity index (χ4v) is 2.20. The Morgan fingerprint density at radius 2 is 2.32 bits per heavy atom. The van der Waals surface area contributed by atoms with E-state index in [0.29, 0.717) is 18.0 Å². The summed E-state index contributed by atoms with van der Waals surface area (Å²) in [7, 11) is 0. The minimum atomic E-state index is 0.0142. The molecule has 1 aromatic rings. The molecule has 1 aromatic heterocycles. The summed E-state index contributed by atoms with van der Waals surface area (Å²) in [4.78, 5) is 16.5. The van der Waals surface area contributed by atoms with Crippen molar-refractivity contribution in [3.05, 3.63) is 11.1 Å². The Bertz CT molecular complexity index is 446. The molecule has 0 saturated heterocycles. The normalized spacial score (nSPS) is 9.79. The van der Waals surface area contributed by atoms with Gasteiger partial charge in [0.1, 0.15) is 0 Å². The molecule has 0 saturated carbocycles. The lowest BCUT2D eigenvalue weighted by Crippen LogP contribution is -2.10. The summed E-state index contributed by atoms with van der Waals surface area (Å²) < 4.78 is 0. The summed E-state index contributed by atoms with van der Waals surface area (Å²) in [6.07, 6.45) is 7.01. The van der Waals surface area contributed by atoms with Gasteiger partial charge in [0, 0.05) is 12.8 Å². The summed E-state index contributed by atoms with van der Waals surface area (Å²) in [6.45, 7) is 2.21. The van der Waals surface area contributed by atoms with Crippen molar-refractivity contribution < 1.29 is 9.90 Å². The van der Waals surface area contributed by atoms with Crippen molar-refractivity contribution >= 4 is 22.4 Å². The standard InChI is InChI=1S/C14H20N2O2S/c1-2-3-4-5-9-13(18)16-14-15-11-12(19-14)8-6-7-10-17/h11,17H,2-5,7,9-10H2,1H3,(H,15,16,18). The smallest absolute Gasteiger partial charge is 0.226 e. The lowest BCUT2D eigenvalue weighted by Gasteiger charge is -2.00. The van der Waals surface area contributed by atoms with E-state index in [1.54, 1.807) is 6.20 Å². The molecule has 0 aliphatic heterocycles. The Labute approximate surface area is 118 Å². The highest BCUT2D eigenvalue weighted by Gasteiger charge is 2.05. The first-order chi connectivity index (χ1) is 9.26. The zero-order chi connectivity index (χ0) is 13.9. The van der Waals surface area contributed by atoms with E-state index in [4.69, 9.17) is 5.11 Å². The lowest BCUT2D eigenvalue weighted by atomic mass is 10.1. The van der Waals surface area contributed by atoms with Crippen molar-refractivity contribution in [3.8, 4) is 11.8 Å². The van der Waals surface area contributed by atoms with E-state index in [1.807, 2.05) is 0 Å². The fraction of sp³-hybridized carbons (Fsp3) is 0.571. The van der Waals surface area contributed by atoms with Crippen LogP contribution in [0.15, 0.2) is 6.20 Å². The molecule has 0 bridgehead atoms. The van der Waals surface area contributed by atoms with Gasteiger partial charge >= 0.3 is 0 Å². The van der Waals surface area contributed by atoms with Gasteiger partial charge < -0.3 is 10.4 Å². The third-order valence-electron chi connectivity index (χ3n) is 2.46. The predicted molar refractivity (Wildman–Crippen MR) is 78.1 cm³/mol. The molecule has 19 heavy (non-hydrogen) atoms. The van der Waals surface area contributed by atoms with E-state index < -0.39 is 0 Å². The molecule has 104 valence electrons. The van der Waals surface area contributed by atoms with Crippen molar-refractivity contribution in [2.45, 2.75) is 45.4 Å². The number of nitrogens with one attached hydrogen (secondary N) is 1. The molecule has 0 fully saturated rings. The van der Waals surface area contributed by atoms with Crippen LogP contribution in [0.2, 0.25) is 0 Å². The van der Waals surface area contributed by atoms with Crippen LogP contribution in [0.1, 0.15) is 50.3 Å². The van der Waals surface area contributed by atoms with E-state index in [1.165, 1.54) is 24.2 Å². The van der Waals surface area contributed by atoms with Crippen LogP contribution in [0.4, 0.5) is 5.13 Å². The van der Waals surface area contributed by atoms with Crippen LogP contribution in [0, 0.1) is 11.8 Å². The van der Waals surface area contributed by atoms with Crippen molar-refractivity contribution in [1.29, 1.82) is 0 Å². The Kier molecular flexibility index (Phi) is 7.87. The van der Waals surface area contributed by atoms with Gasteiger partial charge in [0.15, 0.2) is 5.13 Å². The van der Waals surface area contributed by atoms with Gasteiger partial charge in [-0.25, -0.2) is 4.98 Å². The number of hydrogen-bond acceptors (Lipinski definition) is 4. The number of aliphatic hydroxyl groups excluding tert-OH is 1. The van der Waals surface area contributed by atoms with Gasteiger partial charge in [0.2, 0.25) is 5.91 Å². The van der Waals surface area contributed by atoms with Gasteiger partial charge in [0.25, 0.3) is 0 Å². The molecule has 1 heterocycles. The quantitative estimate of drug-likeness (QED) is 0.596. The molecule has 5 heteroatoms. The molecule has 0 unspecified atom stereocenters. The number of unbranched alkanes of at least 4 members (excludes halogenated alkanes) is 3. The van der Waals surface area contributed by atoms with E-state index in [9.17, 15) is 4.79 Å². The van der Waals surface area contributed by atoms with Crippen molar-refractivity contribution in [2.24, 2.45) is 0 Å². The summed E-state index contributed by atoms with van der Waals surface area (Å²) in [5.41, 5.74) is 0. The monoisotopic (exact) mass is 280 g/mol. The molecule has 1 rings (SSSR count). The number of thiazole rings is 1. The fourth-order valence-electron chi connectivity index (χ4n) is 1.49. The number of nitrogens with zero attached hydrogens (tertiary/aromatic N) is 1. The molecular weight excluding hydrogens is 260 g/mol. The van der Waals surface area contributed by atoms with Crippen LogP contribution in [-0.2, 0) is 4.79 Å². The molecule has 4 nitrogen and oxygen atoms in total. The van der Waals surface area contributed by atoms with Crippen LogP contribution < -0.4 is 5.32 Å². The topological polar surface area (TPSA) is 62.2 Å². The summed E-state index contributed by atoms with van der Waals surface area (Å²) >= 11 is 1.36. The minimum Gasteiger partial charge on any atom is -0.395 e. The Hall–Kier alpha value is -1.38. The molecule has 0 atom stereocenters. The summed E-state index contributed by atoms with van der Waals surface area (Å²) in [5.74, 6) is 5.73. The average Bonchev–Trinajstić information content (AvgIpc) is 2.83. The van der Waals surface area contributed by atoms with Crippen molar-refractivity contribution in [2.75, 3.05) is 11.9 Å². The van der Waals surface area contributed by atoms with Crippen LogP contribution in [0.25, 0.3) is 0 Å². The lowest BCUT2D eigenvalue weighted by molar-refractivity contribution is -0.116. The van der Waals surface area contributed by atoms with Crippen molar-refractivity contribution in [1.82, 2.24) is 4.98 Å². The van der Waals surface area contributed by atoms with E-state index in [0.717, 1.165) is 17.7 Å². The maximum Gasteiger partial charge on any atom is 0.226 e. The molecule has 0 radical (unpaired) electrons. The predicted octanol–water partition coefficient (Wildman–Crippen LogP) is 2.79. The SMILES string of the molecule is CCCCCCC(=O)Nc1ncc(C#CCCO)s1. The molecule has 0 aromatic carbocycles. The van der Waals surface area contributed by atoms with Gasteiger partial charge in [-0.2, -0.15) is 0 Å². The molecule has 2 N–H and O–H groups in total. The second kappa shape index (κ2) is 9.54. The maximum atomic E-state index is 11.6. The summed E-state index contributed by atoms with van der Waals surface area (Å²) in [5, 5.41) is 12.0. The van der Waals surface area contributed by atoms with E-state index in [-0.39, 0.29) is 12.5 Å². The number of rotatable bonds is 7. The largest absolute Gasteiger partial charge is 0.395 e. The van der Waals surface area contributed by atoms with Crippen LogP contribution >= 0.6 is 11.3 Å². The average molecular weight is 280 g/mol. The highest BCUT2D eigenvalue weighted by molar-refractivity contribution is 7.16. The number of aliphatic hydroxyl groups is 1. The molecule has 0 aliphatic carbocycles. The molecule has 1 amide bonds. The minimum absolute atomic E-state index is 0.0142. The number of anilines is 1. The van der Waals surface area contributed by atoms with E-state index in [2.05, 4.69) is 29.1 Å². The van der Waals surface area contributed by atoms with Crippen LogP contribution in [0.3, 0.4) is 0 Å². The first-order valence-corrected chi connectivity index (χ1v) is 7.43. The Balaban J connectivity index is 2.33. The third-order valence-corrected chi connectivity index (χ3v) is 3.29. The second-order valence-electron chi connectivity index (χ2n) is 4.16. The van der Waals surface area contributed by atoms with Gasteiger partial charge in [0.05, 0.1) is 17.7 Å². The number of aromatic nitrogens is 1. The Morgan fingerprint density at radius 1 is 1.47 bits per heavy atom. The molecule has 0 spiro atoms. The number of carbonyl (C=O) groups excluding carboxylic acids is 1. The van der Waals surface area contributed by atoms with E-state index >= 15 is 0 Å². The van der Waals surface area contributed by atoms with Gasteiger partial charge in [-0.1, -0.05) is 49.4 Å². The molecule has 0 aliphatic rings. The van der Waals surface area contributed by atoms with Crippen molar-refractivity contribution in [3.63, 3.8) is 0 Å².